The molecule has 0 aromatic heterocycles. The molecule has 1 unspecified atom stereocenters. The summed E-state index contributed by atoms with van der Waals surface area (Å²) in [6.45, 7) is 7.53. The van der Waals surface area contributed by atoms with Gasteiger partial charge in [0.15, 0.2) is 5.78 Å². The van der Waals surface area contributed by atoms with Gasteiger partial charge >= 0.3 is 6.18 Å². The van der Waals surface area contributed by atoms with E-state index >= 15 is 0 Å². The van der Waals surface area contributed by atoms with Crippen molar-refractivity contribution in [2.75, 3.05) is 12.4 Å². The normalized spacial score (nSPS) is 11.0. The van der Waals surface area contributed by atoms with Crippen LogP contribution in [0.15, 0.2) is 53.4 Å². The Morgan fingerprint density at radius 3 is 2.06 bits per heavy atom. The molecule has 0 fully saturated rings. The van der Waals surface area contributed by atoms with Gasteiger partial charge in [0.05, 0.1) is 5.57 Å². The number of halogens is 3. The lowest BCUT2D eigenvalue weighted by Crippen LogP contribution is -2.13. The summed E-state index contributed by atoms with van der Waals surface area (Å²) in [7, 11) is 4.20. The van der Waals surface area contributed by atoms with Crippen molar-refractivity contribution in [1.29, 1.82) is 0 Å². The standard InChI is InChI=1S/C12H12F3NOS.C9H13P.C3H8/c1-7(17)5-10(12(13,14)15)9-6-8(18)3-4-11(9)16-2;1-2-3-8-4-6-9(10)7-5-8;1-3-2/h3-6,16,18H,1-2H3;4-7H,2-3,10H2,1H3;3H2,1-2H3/b10-5+;;. The average Bonchev–Trinajstić information content (AvgIpc) is 2.68. The zero-order valence-electron chi connectivity index (χ0n) is 18.8. The molecule has 0 aliphatic heterocycles. The van der Waals surface area contributed by atoms with Crippen molar-refractivity contribution in [3.05, 3.63) is 59.7 Å². The molecule has 0 radical (unpaired) electrons. The van der Waals surface area contributed by atoms with E-state index in [4.69, 9.17) is 0 Å². The number of alkyl halides is 3. The van der Waals surface area contributed by atoms with Crippen LogP contribution in [0.2, 0.25) is 0 Å². The average molecular weight is 472 g/mol. The monoisotopic (exact) mass is 471 g/mol. The highest BCUT2D eigenvalue weighted by molar-refractivity contribution is 7.80. The molecule has 172 valence electrons. The van der Waals surface area contributed by atoms with Crippen LogP contribution in [0.3, 0.4) is 0 Å². The Labute approximate surface area is 192 Å². The van der Waals surface area contributed by atoms with Gasteiger partial charge in [0.2, 0.25) is 0 Å². The molecule has 2 aromatic rings. The summed E-state index contributed by atoms with van der Waals surface area (Å²) in [5.41, 5.74) is 0.661. The SMILES string of the molecule is CCC.CCCc1ccc(P)cc1.CNc1ccc(S)cc1/C(=C\C(C)=O)C(F)(F)F. The summed E-state index contributed by atoms with van der Waals surface area (Å²) in [6.07, 6.45) is -0.330. The van der Waals surface area contributed by atoms with Gasteiger partial charge in [-0.25, -0.2) is 0 Å². The van der Waals surface area contributed by atoms with Gasteiger partial charge in [-0.3, -0.25) is 4.79 Å². The van der Waals surface area contributed by atoms with Gasteiger partial charge in [-0.2, -0.15) is 13.2 Å². The first-order chi connectivity index (χ1) is 14.5. The number of ketones is 1. The van der Waals surface area contributed by atoms with Crippen LogP contribution in [0.5, 0.6) is 0 Å². The summed E-state index contributed by atoms with van der Waals surface area (Å²) in [5.74, 6) is -0.658. The summed E-state index contributed by atoms with van der Waals surface area (Å²) >= 11 is 4.01. The summed E-state index contributed by atoms with van der Waals surface area (Å²) < 4.78 is 38.8. The number of carbonyl (C=O) groups excluding carboxylic acids is 1. The Hall–Kier alpha value is -1.78. The molecule has 0 heterocycles. The number of aryl methyl sites for hydroxylation is 1. The predicted molar refractivity (Wildman–Crippen MR) is 134 cm³/mol. The van der Waals surface area contributed by atoms with Gasteiger partial charge in [-0.05, 0) is 48.5 Å². The van der Waals surface area contributed by atoms with Crippen LogP contribution in [0.25, 0.3) is 5.57 Å². The van der Waals surface area contributed by atoms with Crippen molar-refractivity contribution < 1.29 is 18.0 Å². The van der Waals surface area contributed by atoms with Crippen molar-refractivity contribution in [2.45, 2.75) is 58.0 Å². The lowest BCUT2D eigenvalue weighted by atomic mass is 10.0. The molecule has 7 heteroatoms. The third-order valence-corrected chi connectivity index (χ3v) is 4.40. The maximum Gasteiger partial charge on any atom is 0.417 e. The number of thiol groups is 1. The fraction of sp³-hybridized carbons (Fsp3) is 0.375. The van der Waals surface area contributed by atoms with Crippen molar-refractivity contribution in [3.8, 4) is 0 Å². The molecular formula is C24H33F3NOPS. The maximum absolute atomic E-state index is 12.9. The topological polar surface area (TPSA) is 29.1 Å². The van der Waals surface area contributed by atoms with E-state index in [0.717, 1.165) is 6.92 Å². The van der Waals surface area contributed by atoms with Crippen LogP contribution in [-0.2, 0) is 11.2 Å². The summed E-state index contributed by atoms with van der Waals surface area (Å²) in [4.78, 5) is 11.3. The molecule has 0 spiro atoms. The molecule has 1 N–H and O–H groups in total. The Morgan fingerprint density at radius 1 is 1.10 bits per heavy atom. The highest BCUT2D eigenvalue weighted by Gasteiger charge is 2.36. The molecule has 31 heavy (non-hydrogen) atoms. The number of nitrogens with one attached hydrogen (secondary N) is 1. The van der Waals surface area contributed by atoms with Gasteiger partial charge in [0.1, 0.15) is 0 Å². The molecule has 2 nitrogen and oxygen atoms in total. The minimum atomic E-state index is -4.60. The van der Waals surface area contributed by atoms with Crippen LogP contribution >= 0.6 is 21.9 Å². The largest absolute Gasteiger partial charge is 0.417 e. The highest BCUT2D eigenvalue weighted by atomic mass is 32.1. The van der Waals surface area contributed by atoms with E-state index in [1.807, 2.05) is 0 Å². The first kappa shape index (κ1) is 29.2. The van der Waals surface area contributed by atoms with E-state index in [-0.39, 0.29) is 11.3 Å². The molecule has 0 bridgehead atoms. The van der Waals surface area contributed by atoms with Gasteiger partial charge in [0, 0.05) is 23.2 Å². The van der Waals surface area contributed by atoms with Crippen LogP contribution in [0, 0.1) is 0 Å². The van der Waals surface area contributed by atoms with E-state index in [0.29, 0.717) is 11.0 Å². The van der Waals surface area contributed by atoms with Gasteiger partial charge in [-0.15, -0.1) is 21.9 Å². The smallest absolute Gasteiger partial charge is 0.388 e. The second-order valence-corrected chi connectivity index (χ2v) is 8.03. The molecule has 0 saturated heterocycles. The van der Waals surface area contributed by atoms with Crippen molar-refractivity contribution in [3.63, 3.8) is 0 Å². The second kappa shape index (κ2) is 15.1. The van der Waals surface area contributed by atoms with Gasteiger partial charge < -0.3 is 5.32 Å². The van der Waals surface area contributed by atoms with Crippen LogP contribution in [0.1, 0.15) is 51.7 Å². The Morgan fingerprint density at radius 2 is 1.65 bits per heavy atom. The molecular weight excluding hydrogens is 438 g/mol. The first-order valence-electron chi connectivity index (χ1n) is 10.1. The van der Waals surface area contributed by atoms with Crippen molar-refractivity contribution in [2.24, 2.45) is 0 Å². The molecule has 2 rings (SSSR count). The van der Waals surface area contributed by atoms with E-state index in [1.54, 1.807) is 6.07 Å². The number of carbonyl (C=O) groups is 1. The van der Waals surface area contributed by atoms with Gasteiger partial charge in [0.25, 0.3) is 0 Å². The van der Waals surface area contributed by atoms with Crippen molar-refractivity contribution in [1.82, 2.24) is 0 Å². The third-order valence-electron chi connectivity index (χ3n) is 3.73. The van der Waals surface area contributed by atoms with Gasteiger partial charge in [-0.1, -0.05) is 57.9 Å². The van der Waals surface area contributed by atoms with Crippen LogP contribution in [0.4, 0.5) is 18.9 Å². The summed E-state index contributed by atoms with van der Waals surface area (Å²) in [6, 6.07) is 13.0. The van der Waals surface area contributed by atoms with Crippen molar-refractivity contribution >= 4 is 44.2 Å². The fourth-order valence-electron chi connectivity index (χ4n) is 2.46. The zero-order chi connectivity index (χ0) is 24.0. The zero-order valence-corrected chi connectivity index (χ0v) is 20.9. The molecule has 1 atom stereocenters. The quantitative estimate of drug-likeness (QED) is 0.276. The number of allylic oxidation sites excluding steroid dienone is 2. The minimum Gasteiger partial charge on any atom is -0.388 e. The lowest BCUT2D eigenvalue weighted by Gasteiger charge is -2.16. The fourth-order valence-corrected chi connectivity index (χ4v) is 2.86. The lowest BCUT2D eigenvalue weighted by molar-refractivity contribution is -0.113. The Balaban J connectivity index is 0.000000580. The highest BCUT2D eigenvalue weighted by Crippen LogP contribution is 2.38. The molecule has 0 aliphatic carbocycles. The molecule has 0 aliphatic rings. The number of anilines is 1. The number of rotatable bonds is 5. The number of hydrogen-bond acceptors (Lipinski definition) is 3. The van der Waals surface area contributed by atoms with Crippen LogP contribution in [-0.4, -0.2) is 19.0 Å². The minimum absolute atomic E-state index is 0.0901. The van der Waals surface area contributed by atoms with E-state index in [2.05, 4.69) is 72.2 Å². The molecule has 2 aromatic carbocycles. The number of benzene rings is 2. The Bertz CT molecular complexity index is 834. The molecule has 0 saturated carbocycles. The molecule has 0 amide bonds. The second-order valence-electron chi connectivity index (χ2n) is 6.84. The maximum atomic E-state index is 12.9. The van der Waals surface area contributed by atoms with E-state index in [1.165, 1.54) is 49.3 Å². The van der Waals surface area contributed by atoms with Crippen LogP contribution < -0.4 is 10.6 Å². The number of hydrogen-bond donors (Lipinski definition) is 2. The van der Waals surface area contributed by atoms with E-state index < -0.39 is 17.5 Å². The van der Waals surface area contributed by atoms with E-state index in [9.17, 15) is 18.0 Å². The predicted octanol–water partition coefficient (Wildman–Crippen LogP) is 7.11. The third kappa shape index (κ3) is 12.0. The Kier molecular flexibility index (Phi) is 14.2. The summed E-state index contributed by atoms with van der Waals surface area (Å²) in [5, 5.41) is 3.93. The first-order valence-corrected chi connectivity index (χ1v) is 11.2.